The van der Waals surface area contributed by atoms with Crippen molar-refractivity contribution >= 4 is 47.8 Å². The number of nitrogens with one attached hydrogen (secondary N) is 1. The number of piperidine rings is 1. The average molecular weight is 490 g/mol. The molecule has 1 saturated carbocycles. The molecule has 4 rings (SSSR count). The number of carbonyl (C=O) groups is 1. The first-order valence-corrected chi connectivity index (χ1v) is 13.9. The molecule has 8 nitrogen and oxygen atoms in total. The van der Waals surface area contributed by atoms with E-state index in [1.54, 1.807) is 4.31 Å². The molecule has 0 spiro atoms. The van der Waals surface area contributed by atoms with Gasteiger partial charge >= 0.3 is 159 Å². The fraction of sp³-hybridized carbons (Fsp3) is 0.450. The van der Waals surface area contributed by atoms with E-state index in [0.29, 0.717) is 35.2 Å². The van der Waals surface area contributed by atoms with Crippen molar-refractivity contribution in [2.45, 2.75) is 36.3 Å². The van der Waals surface area contributed by atoms with Gasteiger partial charge in [0.15, 0.2) is 0 Å². The van der Waals surface area contributed by atoms with E-state index in [-0.39, 0.29) is 15.8 Å². The van der Waals surface area contributed by atoms with Gasteiger partial charge in [-0.2, -0.15) is 0 Å². The minimum atomic E-state index is -3.11. The average Bonchev–Trinajstić information content (AvgIpc) is 3.52. The number of nitrogens with zero attached hydrogens (tertiary/aromatic N) is 3. The van der Waals surface area contributed by atoms with Gasteiger partial charge in [-0.25, -0.2) is 8.42 Å². The van der Waals surface area contributed by atoms with E-state index in [1.807, 2.05) is 12.1 Å². The second-order valence-electron chi connectivity index (χ2n) is 7.84. The Morgan fingerprint density at radius 1 is 1.17 bits per heavy atom. The SMILES string of the molecule is CS(=O)(=O)N1CCC(c2ccc(Nc3ncc(C(N)=O)c([As]C4CC4)n3)cc2)CC1. The molecule has 0 bridgehead atoms. The number of hydrogen-bond acceptors (Lipinski definition) is 6. The van der Waals surface area contributed by atoms with Gasteiger partial charge in [0, 0.05) is 0 Å². The van der Waals surface area contributed by atoms with E-state index < -0.39 is 15.9 Å². The molecule has 2 fully saturated rings. The Morgan fingerprint density at radius 2 is 1.83 bits per heavy atom. The van der Waals surface area contributed by atoms with Gasteiger partial charge < -0.3 is 0 Å². The predicted octanol–water partition coefficient (Wildman–Crippen LogP) is 1.37. The number of primary amides is 1. The first-order chi connectivity index (χ1) is 14.3. The number of hydrogen-bond donors (Lipinski definition) is 2. The molecule has 1 saturated heterocycles. The van der Waals surface area contributed by atoms with Gasteiger partial charge in [-0.1, -0.05) is 0 Å². The van der Waals surface area contributed by atoms with E-state index in [1.165, 1.54) is 30.9 Å². The number of benzene rings is 1. The molecular weight excluding hydrogens is 465 g/mol. The molecular formula is C20H25AsN5O3S. The number of carbonyl (C=O) groups excluding carboxylic acids is 1. The quantitative estimate of drug-likeness (QED) is 0.566. The van der Waals surface area contributed by atoms with Crippen molar-refractivity contribution < 1.29 is 13.2 Å². The normalized spacial score (nSPS) is 18.7. The van der Waals surface area contributed by atoms with Crippen LogP contribution in [-0.2, 0) is 10.0 Å². The topological polar surface area (TPSA) is 118 Å². The zero-order valence-electron chi connectivity index (χ0n) is 16.8. The number of aromatic nitrogens is 2. The number of nitrogens with two attached hydrogens (primary N) is 1. The summed E-state index contributed by atoms with van der Waals surface area (Å²) >= 11 is -0.175. The zero-order valence-corrected chi connectivity index (χ0v) is 19.5. The van der Waals surface area contributed by atoms with Gasteiger partial charge in [-0.05, 0) is 0 Å². The third kappa shape index (κ3) is 5.20. The molecule has 10 heteroatoms. The zero-order chi connectivity index (χ0) is 21.3. The Labute approximate surface area is 183 Å². The molecule has 3 N–H and O–H groups in total. The van der Waals surface area contributed by atoms with Crippen LogP contribution in [0, 0.1) is 0 Å². The molecule has 1 aromatic heterocycles. The molecule has 2 heterocycles. The minimum absolute atomic E-state index is 0.175. The van der Waals surface area contributed by atoms with Crippen LogP contribution in [0.3, 0.4) is 0 Å². The van der Waals surface area contributed by atoms with Crippen molar-refractivity contribution in [3.63, 3.8) is 0 Å². The van der Waals surface area contributed by atoms with Crippen LogP contribution in [0.2, 0.25) is 4.71 Å². The molecule has 1 radical (unpaired) electrons. The summed E-state index contributed by atoms with van der Waals surface area (Å²) in [5, 5.41) is 3.21. The molecule has 2 aliphatic rings. The van der Waals surface area contributed by atoms with Gasteiger partial charge in [0.1, 0.15) is 0 Å². The van der Waals surface area contributed by atoms with Gasteiger partial charge in [-0.15, -0.1) is 0 Å². The fourth-order valence-corrected chi connectivity index (χ4v) is 6.99. The summed E-state index contributed by atoms with van der Waals surface area (Å²) in [5.41, 5.74) is 7.98. The Balaban J connectivity index is 1.42. The van der Waals surface area contributed by atoms with Crippen LogP contribution in [-0.4, -0.2) is 63.7 Å². The third-order valence-corrected chi connectivity index (χ3v) is 9.83. The van der Waals surface area contributed by atoms with E-state index in [9.17, 15) is 13.2 Å². The van der Waals surface area contributed by atoms with Crippen LogP contribution in [0.1, 0.15) is 47.5 Å². The van der Waals surface area contributed by atoms with Crippen molar-refractivity contribution in [2.75, 3.05) is 24.7 Å². The molecule has 1 aliphatic heterocycles. The second-order valence-corrected chi connectivity index (χ2v) is 12.8. The number of rotatable bonds is 7. The Kier molecular flexibility index (Phi) is 6.13. The van der Waals surface area contributed by atoms with Crippen molar-refractivity contribution in [1.82, 2.24) is 14.3 Å². The van der Waals surface area contributed by atoms with Crippen molar-refractivity contribution in [3.05, 3.63) is 41.6 Å². The summed E-state index contributed by atoms with van der Waals surface area (Å²) in [6, 6.07) is 8.10. The summed E-state index contributed by atoms with van der Waals surface area (Å²) in [4.78, 5) is 20.5. The fourth-order valence-electron chi connectivity index (χ4n) is 3.57. The van der Waals surface area contributed by atoms with Crippen molar-refractivity contribution in [2.24, 2.45) is 5.73 Å². The third-order valence-electron chi connectivity index (χ3n) is 5.45. The van der Waals surface area contributed by atoms with Crippen molar-refractivity contribution in [1.29, 1.82) is 0 Å². The van der Waals surface area contributed by atoms with E-state index in [0.717, 1.165) is 23.0 Å². The van der Waals surface area contributed by atoms with Crippen LogP contribution in [0.15, 0.2) is 30.5 Å². The molecule has 0 atom stereocenters. The molecule has 1 aromatic carbocycles. The standard InChI is InChI=1S/C20H25AsN5O3S/c1-30(28,29)26-10-8-14(9-11-26)13-2-6-16(7-3-13)24-20-23-12-17(19(22)27)18(25-20)21-15-4-5-15/h2-3,6-7,12,14-15H,4-5,8-11H2,1H3,(H2,22,27)(H,23,24,25). The molecule has 0 unspecified atom stereocenters. The van der Waals surface area contributed by atoms with Gasteiger partial charge in [-0.3, -0.25) is 0 Å². The Bertz CT molecular complexity index is 1030. The molecule has 2 aromatic rings. The van der Waals surface area contributed by atoms with Crippen LogP contribution in [0.25, 0.3) is 0 Å². The van der Waals surface area contributed by atoms with Crippen LogP contribution >= 0.6 is 0 Å². The first kappa shape index (κ1) is 21.3. The van der Waals surface area contributed by atoms with Crippen LogP contribution < -0.4 is 15.5 Å². The number of anilines is 2. The van der Waals surface area contributed by atoms with E-state index in [4.69, 9.17) is 5.73 Å². The summed E-state index contributed by atoms with van der Waals surface area (Å²) in [6.45, 7) is 1.13. The molecule has 159 valence electrons. The summed E-state index contributed by atoms with van der Waals surface area (Å²) in [7, 11) is -3.11. The summed E-state index contributed by atoms with van der Waals surface area (Å²) < 4.78 is 26.4. The number of sulfonamides is 1. The van der Waals surface area contributed by atoms with E-state index >= 15 is 0 Å². The summed E-state index contributed by atoms with van der Waals surface area (Å²) in [5.74, 6) is 0.358. The monoisotopic (exact) mass is 490 g/mol. The van der Waals surface area contributed by atoms with Crippen molar-refractivity contribution in [3.8, 4) is 0 Å². The van der Waals surface area contributed by atoms with Crippen LogP contribution in [0.5, 0.6) is 0 Å². The maximum atomic E-state index is 11.7. The number of amides is 1. The van der Waals surface area contributed by atoms with Gasteiger partial charge in [0.05, 0.1) is 6.26 Å². The van der Waals surface area contributed by atoms with Gasteiger partial charge in [0.2, 0.25) is 10.0 Å². The first-order valence-electron chi connectivity index (χ1n) is 9.99. The Hall–Kier alpha value is -1.96. The van der Waals surface area contributed by atoms with E-state index in [2.05, 4.69) is 27.4 Å². The second kappa shape index (κ2) is 8.65. The predicted molar refractivity (Wildman–Crippen MR) is 117 cm³/mol. The summed E-state index contributed by atoms with van der Waals surface area (Å²) in [6.07, 6.45) is 6.85. The molecule has 30 heavy (non-hydrogen) atoms. The molecule has 1 amide bonds. The molecule has 1 aliphatic carbocycles. The Morgan fingerprint density at radius 3 is 2.40 bits per heavy atom. The van der Waals surface area contributed by atoms with Crippen LogP contribution in [0.4, 0.5) is 11.6 Å². The van der Waals surface area contributed by atoms with Gasteiger partial charge in [0.25, 0.3) is 0 Å². The maximum absolute atomic E-state index is 11.7.